The Kier molecular flexibility index (Phi) is 5.70. The molecule has 3 amide bonds. The van der Waals surface area contributed by atoms with Crippen molar-refractivity contribution < 1.29 is 19.3 Å². The van der Waals surface area contributed by atoms with Crippen LogP contribution in [0.2, 0.25) is 10.0 Å². The lowest BCUT2D eigenvalue weighted by molar-refractivity contribution is -0.384. The van der Waals surface area contributed by atoms with Gasteiger partial charge < -0.3 is 10.2 Å². The van der Waals surface area contributed by atoms with Gasteiger partial charge in [-0.15, -0.1) is 0 Å². The average molecular weight is 549 g/mol. The minimum atomic E-state index is -1.07. The molecule has 0 bridgehead atoms. The van der Waals surface area contributed by atoms with E-state index in [0.29, 0.717) is 10.7 Å². The van der Waals surface area contributed by atoms with Crippen LogP contribution in [-0.4, -0.2) is 33.6 Å². The molecule has 0 spiro atoms. The van der Waals surface area contributed by atoms with Gasteiger partial charge in [0.1, 0.15) is 6.04 Å². The van der Waals surface area contributed by atoms with Crippen molar-refractivity contribution in [1.82, 2.24) is 4.90 Å². The number of anilines is 2. The normalized spacial score (nSPS) is 23.2. The van der Waals surface area contributed by atoms with E-state index in [1.807, 2.05) is 30.3 Å². The van der Waals surface area contributed by atoms with E-state index in [-0.39, 0.29) is 16.4 Å². The Bertz CT molecular complexity index is 1560. The quantitative estimate of drug-likeness (QED) is 0.277. The summed E-state index contributed by atoms with van der Waals surface area (Å²) in [6.07, 6.45) is 3.55. The van der Waals surface area contributed by atoms with Gasteiger partial charge in [-0.3, -0.25) is 24.5 Å². The summed E-state index contributed by atoms with van der Waals surface area (Å²) in [5.41, 5.74) is 1.87. The topological polar surface area (TPSA) is 113 Å². The number of carbonyl (C=O) groups excluding carboxylic acids is 3. The molecule has 4 atom stereocenters. The van der Waals surface area contributed by atoms with Crippen LogP contribution in [0.1, 0.15) is 17.2 Å². The standard InChI is InChI=1S/C27H18Cl2N4O5/c28-15-5-7-16(8-6-15)32-26(35)21-22(27(32)36)24(31-12-11-14-3-1-2-4-18(14)23(21)31)25(34)30-20-13-17(33(37)38)9-10-19(20)29/h1-13,21-24H,(H,30,34)/t21-,22-,23-,24+/m0/s1. The number of non-ortho nitro benzene ring substituents is 1. The summed E-state index contributed by atoms with van der Waals surface area (Å²) in [4.78, 5) is 55.0. The van der Waals surface area contributed by atoms with E-state index in [2.05, 4.69) is 5.32 Å². The second kappa shape index (κ2) is 8.97. The number of nitro groups is 1. The van der Waals surface area contributed by atoms with Gasteiger partial charge in [0.2, 0.25) is 17.7 Å². The molecule has 3 aliphatic rings. The molecule has 3 aliphatic heterocycles. The third-order valence-corrected chi connectivity index (χ3v) is 7.82. The first-order chi connectivity index (χ1) is 18.3. The van der Waals surface area contributed by atoms with Crippen molar-refractivity contribution >= 4 is 64.1 Å². The third-order valence-electron chi connectivity index (χ3n) is 7.23. The molecule has 190 valence electrons. The number of nitro benzene ring substituents is 1. The number of hydrogen-bond acceptors (Lipinski definition) is 6. The Balaban J connectivity index is 1.43. The number of halogens is 2. The number of carbonyl (C=O) groups is 3. The maximum atomic E-state index is 13.8. The number of amides is 3. The summed E-state index contributed by atoms with van der Waals surface area (Å²) >= 11 is 12.2. The molecular weight excluding hydrogens is 531 g/mol. The number of nitrogens with one attached hydrogen (secondary N) is 1. The minimum absolute atomic E-state index is 0.0404. The number of benzene rings is 3. The van der Waals surface area contributed by atoms with Crippen molar-refractivity contribution in [2.24, 2.45) is 11.8 Å². The molecular formula is C27H18Cl2N4O5. The van der Waals surface area contributed by atoms with E-state index in [1.165, 1.54) is 12.1 Å². The van der Waals surface area contributed by atoms with Crippen molar-refractivity contribution in [2.45, 2.75) is 12.1 Å². The Hall–Kier alpha value is -4.21. The zero-order chi connectivity index (χ0) is 26.7. The second-order valence-corrected chi connectivity index (χ2v) is 10.1. The first-order valence-corrected chi connectivity index (χ1v) is 12.4. The zero-order valence-electron chi connectivity index (χ0n) is 19.5. The largest absolute Gasteiger partial charge is 0.357 e. The Morgan fingerprint density at radius 2 is 1.66 bits per heavy atom. The van der Waals surface area contributed by atoms with Gasteiger partial charge in [-0.2, -0.15) is 0 Å². The fourth-order valence-electron chi connectivity index (χ4n) is 5.63. The predicted octanol–water partition coefficient (Wildman–Crippen LogP) is 5.06. The van der Waals surface area contributed by atoms with Gasteiger partial charge in [0, 0.05) is 23.4 Å². The number of nitrogens with zero attached hydrogens (tertiary/aromatic N) is 3. The van der Waals surface area contributed by atoms with Crippen LogP contribution in [-0.2, 0) is 14.4 Å². The van der Waals surface area contributed by atoms with Crippen LogP contribution >= 0.6 is 23.2 Å². The van der Waals surface area contributed by atoms with E-state index in [1.54, 1.807) is 35.4 Å². The fourth-order valence-corrected chi connectivity index (χ4v) is 5.92. The molecule has 3 aromatic carbocycles. The van der Waals surface area contributed by atoms with Crippen molar-refractivity contribution in [2.75, 3.05) is 10.2 Å². The molecule has 2 saturated heterocycles. The molecule has 3 heterocycles. The molecule has 0 aromatic heterocycles. The molecule has 6 rings (SSSR count). The van der Waals surface area contributed by atoms with Gasteiger partial charge in [-0.25, -0.2) is 4.90 Å². The Morgan fingerprint density at radius 1 is 0.947 bits per heavy atom. The van der Waals surface area contributed by atoms with Crippen molar-refractivity contribution in [3.05, 3.63) is 104 Å². The highest BCUT2D eigenvalue weighted by atomic mass is 35.5. The summed E-state index contributed by atoms with van der Waals surface area (Å²) in [5.74, 6) is -3.36. The van der Waals surface area contributed by atoms with Gasteiger partial charge in [0.25, 0.3) is 5.69 Å². The fraction of sp³-hybridized carbons (Fsp3) is 0.148. The molecule has 3 aromatic rings. The lowest BCUT2D eigenvalue weighted by atomic mass is 9.84. The minimum Gasteiger partial charge on any atom is -0.357 e. The van der Waals surface area contributed by atoms with E-state index < -0.39 is 46.6 Å². The Morgan fingerprint density at radius 3 is 2.39 bits per heavy atom. The highest BCUT2D eigenvalue weighted by molar-refractivity contribution is 6.34. The summed E-state index contributed by atoms with van der Waals surface area (Å²) in [5, 5.41) is 14.5. The van der Waals surface area contributed by atoms with Gasteiger partial charge >= 0.3 is 0 Å². The first kappa shape index (κ1) is 24.1. The number of rotatable bonds is 4. The smallest absolute Gasteiger partial charge is 0.271 e. The molecule has 11 heteroatoms. The molecule has 38 heavy (non-hydrogen) atoms. The van der Waals surface area contributed by atoms with E-state index in [4.69, 9.17) is 23.2 Å². The van der Waals surface area contributed by atoms with Crippen LogP contribution in [0.5, 0.6) is 0 Å². The summed E-state index contributed by atoms with van der Waals surface area (Å²) in [6, 6.07) is 15.9. The van der Waals surface area contributed by atoms with Crippen LogP contribution in [0.4, 0.5) is 17.1 Å². The molecule has 2 fully saturated rings. The number of fused-ring (bicyclic) bond motifs is 5. The lowest BCUT2D eigenvalue weighted by Crippen LogP contribution is -2.46. The van der Waals surface area contributed by atoms with Gasteiger partial charge in [0.15, 0.2) is 0 Å². The van der Waals surface area contributed by atoms with Crippen LogP contribution in [0, 0.1) is 22.0 Å². The van der Waals surface area contributed by atoms with Crippen molar-refractivity contribution in [3.8, 4) is 0 Å². The molecule has 1 N–H and O–H groups in total. The maximum Gasteiger partial charge on any atom is 0.271 e. The lowest BCUT2D eigenvalue weighted by Gasteiger charge is -2.35. The third kappa shape index (κ3) is 3.66. The van der Waals surface area contributed by atoms with E-state index >= 15 is 0 Å². The molecule has 9 nitrogen and oxygen atoms in total. The van der Waals surface area contributed by atoms with E-state index in [9.17, 15) is 24.5 Å². The highest BCUT2D eigenvalue weighted by Crippen LogP contribution is 2.53. The SMILES string of the molecule is O=C(Nc1cc([N+](=O)[O-])ccc1Cl)[C@H]1[C@H]2C(=O)N(c3ccc(Cl)cc3)C(=O)[C@@H]2[C@@H]2c3ccccc3C=CN12. The van der Waals surface area contributed by atoms with E-state index in [0.717, 1.165) is 22.1 Å². The van der Waals surface area contributed by atoms with Gasteiger partial charge in [-0.05, 0) is 47.5 Å². The van der Waals surface area contributed by atoms with Crippen molar-refractivity contribution in [1.29, 1.82) is 0 Å². The number of hydrogen-bond donors (Lipinski definition) is 1. The van der Waals surface area contributed by atoms with Crippen LogP contribution in [0.3, 0.4) is 0 Å². The maximum absolute atomic E-state index is 13.8. The molecule has 0 aliphatic carbocycles. The van der Waals surface area contributed by atoms with Crippen LogP contribution in [0.25, 0.3) is 6.08 Å². The second-order valence-electron chi connectivity index (χ2n) is 9.23. The average Bonchev–Trinajstić information content (AvgIpc) is 3.38. The van der Waals surface area contributed by atoms with Crippen LogP contribution in [0.15, 0.2) is 72.9 Å². The van der Waals surface area contributed by atoms with Crippen LogP contribution < -0.4 is 10.2 Å². The summed E-state index contributed by atoms with van der Waals surface area (Å²) in [6.45, 7) is 0. The zero-order valence-corrected chi connectivity index (χ0v) is 21.0. The van der Waals surface area contributed by atoms with Gasteiger partial charge in [0.05, 0.1) is 39.2 Å². The first-order valence-electron chi connectivity index (χ1n) is 11.7. The van der Waals surface area contributed by atoms with Gasteiger partial charge in [-0.1, -0.05) is 47.5 Å². The van der Waals surface area contributed by atoms with Crippen molar-refractivity contribution in [3.63, 3.8) is 0 Å². The predicted molar refractivity (Wildman–Crippen MR) is 142 cm³/mol. The summed E-state index contributed by atoms with van der Waals surface area (Å²) in [7, 11) is 0. The molecule has 0 saturated carbocycles. The molecule has 0 radical (unpaired) electrons. The molecule has 0 unspecified atom stereocenters. The number of imide groups is 1. The highest BCUT2D eigenvalue weighted by Gasteiger charge is 2.64. The Labute approximate surface area is 226 Å². The summed E-state index contributed by atoms with van der Waals surface area (Å²) < 4.78 is 0. The monoisotopic (exact) mass is 548 g/mol.